The lowest BCUT2D eigenvalue weighted by atomic mass is 9.91. The summed E-state index contributed by atoms with van der Waals surface area (Å²) in [6.07, 6.45) is 8.90. The van der Waals surface area contributed by atoms with Crippen molar-refractivity contribution < 1.29 is 0 Å². The van der Waals surface area contributed by atoms with Gasteiger partial charge in [-0.05, 0) is 75.0 Å². The summed E-state index contributed by atoms with van der Waals surface area (Å²) in [6, 6.07) is 15.4. The zero-order valence-corrected chi connectivity index (χ0v) is 20.9. The average Bonchev–Trinajstić information content (AvgIpc) is 2.85. The SMILES string of the molecule is CN(C)c1nc(N[C@H]2CC[C@@H](NC(=S)Nc3cccc4ccccc34)CC2)nc2c1CCCC2. The van der Waals surface area contributed by atoms with Gasteiger partial charge in [0.2, 0.25) is 5.95 Å². The normalized spacial score (nSPS) is 19.8. The van der Waals surface area contributed by atoms with Gasteiger partial charge in [-0.2, -0.15) is 4.98 Å². The van der Waals surface area contributed by atoms with Gasteiger partial charge in [0, 0.05) is 42.8 Å². The molecule has 0 amide bonds. The topological polar surface area (TPSA) is 65.1 Å². The summed E-state index contributed by atoms with van der Waals surface area (Å²) >= 11 is 5.65. The van der Waals surface area contributed by atoms with Gasteiger partial charge in [-0.3, -0.25) is 0 Å². The van der Waals surface area contributed by atoms with Gasteiger partial charge in [-0.15, -0.1) is 0 Å². The number of aromatic nitrogens is 2. The Kier molecular flexibility index (Phi) is 6.81. The Morgan fingerprint density at radius 1 is 0.912 bits per heavy atom. The molecule has 2 aromatic carbocycles. The monoisotopic (exact) mass is 474 g/mol. The van der Waals surface area contributed by atoms with E-state index in [9.17, 15) is 0 Å². The van der Waals surface area contributed by atoms with Crippen LogP contribution >= 0.6 is 12.2 Å². The van der Waals surface area contributed by atoms with Gasteiger partial charge < -0.3 is 20.9 Å². The standard InChI is InChI=1S/C27H34N6S/c1-33(2)25-22-11-5-6-12-24(22)30-26(32-25)28-19-14-16-20(17-15-19)29-27(34)31-23-13-7-9-18-8-3-4-10-21(18)23/h3-4,7-10,13,19-20H,5-6,11-12,14-17H2,1-2H3,(H,28,30,32)(H2,29,31,34)/t19-,20+. The number of fused-ring (bicyclic) bond motifs is 2. The second kappa shape index (κ2) is 10.1. The lowest BCUT2D eigenvalue weighted by Gasteiger charge is -2.31. The fraction of sp³-hybridized carbons (Fsp3) is 0.444. The predicted octanol–water partition coefficient (Wildman–Crippen LogP) is 5.28. The number of thiocarbonyl (C=S) groups is 1. The molecule has 0 aliphatic heterocycles. The van der Waals surface area contributed by atoms with Crippen LogP contribution in [0.2, 0.25) is 0 Å². The van der Waals surface area contributed by atoms with Crippen LogP contribution in [-0.2, 0) is 12.8 Å². The van der Waals surface area contributed by atoms with Gasteiger partial charge >= 0.3 is 0 Å². The van der Waals surface area contributed by atoms with E-state index in [1.54, 1.807) is 0 Å². The number of hydrogen-bond donors (Lipinski definition) is 3. The molecule has 34 heavy (non-hydrogen) atoms. The largest absolute Gasteiger partial charge is 0.362 e. The highest BCUT2D eigenvalue weighted by atomic mass is 32.1. The van der Waals surface area contributed by atoms with Crippen LogP contribution in [0.15, 0.2) is 42.5 Å². The van der Waals surface area contributed by atoms with E-state index in [1.165, 1.54) is 34.9 Å². The first-order chi connectivity index (χ1) is 16.6. The molecule has 0 atom stereocenters. The lowest BCUT2D eigenvalue weighted by molar-refractivity contribution is 0.387. The zero-order valence-electron chi connectivity index (χ0n) is 20.1. The molecule has 0 unspecified atom stereocenters. The molecule has 0 saturated heterocycles. The third-order valence-corrected chi connectivity index (χ3v) is 7.24. The van der Waals surface area contributed by atoms with E-state index in [-0.39, 0.29) is 0 Å². The summed E-state index contributed by atoms with van der Waals surface area (Å²) in [4.78, 5) is 11.9. The third-order valence-electron chi connectivity index (χ3n) is 7.02. The minimum atomic E-state index is 0.384. The molecule has 7 heteroatoms. The molecule has 0 spiro atoms. The highest BCUT2D eigenvalue weighted by Crippen LogP contribution is 2.29. The molecule has 0 radical (unpaired) electrons. The number of rotatable bonds is 5. The molecule has 1 saturated carbocycles. The van der Waals surface area contributed by atoms with E-state index in [1.807, 2.05) is 0 Å². The maximum absolute atomic E-state index is 5.65. The fourth-order valence-electron chi connectivity index (χ4n) is 5.25. The van der Waals surface area contributed by atoms with E-state index in [4.69, 9.17) is 22.2 Å². The minimum Gasteiger partial charge on any atom is -0.362 e. The van der Waals surface area contributed by atoms with Crippen LogP contribution in [0.3, 0.4) is 0 Å². The first-order valence-electron chi connectivity index (χ1n) is 12.5. The van der Waals surface area contributed by atoms with Crippen molar-refractivity contribution in [2.75, 3.05) is 29.6 Å². The molecular weight excluding hydrogens is 440 g/mol. The molecular formula is C27H34N6S. The van der Waals surface area contributed by atoms with Gasteiger partial charge in [0.1, 0.15) is 5.82 Å². The molecule has 1 aromatic heterocycles. The molecule has 3 aromatic rings. The number of benzene rings is 2. The quantitative estimate of drug-likeness (QED) is 0.435. The number of nitrogens with zero attached hydrogens (tertiary/aromatic N) is 3. The van der Waals surface area contributed by atoms with Crippen LogP contribution in [0, 0.1) is 0 Å². The molecule has 5 rings (SSSR count). The molecule has 6 nitrogen and oxygen atoms in total. The first-order valence-corrected chi connectivity index (χ1v) is 12.9. The molecule has 2 aliphatic carbocycles. The van der Waals surface area contributed by atoms with Crippen molar-refractivity contribution in [1.29, 1.82) is 0 Å². The predicted molar refractivity (Wildman–Crippen MR) is 146 cm³/mol. The van der Waals surface area contributed by atoms with Crippen LogP contribution in [0.1, 0.15) is 49.8 Å². The summed E-state index contributed by atoms with van der Waals surface area (Å²) in [7, 11) is 4.15. The molecule has 178 valence electrons. The summed E-state index contributed by atoms with van der Waals surface area (Å²) in [5.41, 5.74) is 3.61. The van der Waals surface area contributed by atoms with E-state index in [2.05, 4.69) is 77.4 Å². The number of anilines is 3. The van der Waals surface area contributed by atoms with Gasteiger partial charge in [0.05, 0.1) is 5.69 Å². The third kappa shape index (κ3) is 5.09. The lowest BCUT2D eigenvalue weighted by Crippen LogP contribution is -2.42. The van der Waals surface area contributed by atoms with E-state index >= 15 is 0 Å². The van der Waals surface area contributed by atoms with Gasteiger partial charge in [-0.25, -0.2) is 4.98 Å². The molecule has 1 heterocycles. The van der Waals surface area contributed by atoms with Crippen molar-refractivity contribution in [3.05, 3.63) is 53.7 Å². The van der Waals surface area contributed by atoms with E-state index in [0.29, 0.717) is 17.2 Å². The second-order valence-electron chi connectivity index (χ2n) is 9.72. The van der Waals surface area contributed by atoms with Crippen LogP contribution < -0.4 is 20.9 Å². The van der Waals surface area contributed by atoms with Crippen molar-refractivity contribution in [2.45, 2.75) is 63.5 Å². The molecule has 0 bridgehead atoms. The molecule has 1 fully saturated rings. The molecule has 2 aliphatic rings. The van der Waals surface area contributed by atoms with E-state index < -0.39 is 0 Å². The Labute approximate surface area is 207 Å². The van der Waals surface area contributed by atoms with Crippen molar-refractivity contribution in [1.82, 2.24) is 15.3 Å². The highest BCUT2D eigenvalue weighted by molar-refractivity contribution is 7.80. The van der Waals surface area contributed by atoms with Crippen LogP contribution in [-0.4, -0.2) is 41.3 Å². The van der Waals surface area contributed by atoms with Crippen LogP contribution in [0.5, 0.6) is 0 Å². The van der Waals surface area contributed by atoms with Crippen molar-refractivity contribution in [3.8, 4) is 0 Å². The summed E-state index contributed by atoms with van der Waals surface area (Å²) in [5, 5.41) is 13.7. The van der Waals surface area contributed by atoms with Crippen LogP contribution in [0.25, 0.3) is 10.8 Å². The van der Waals surface area contributed by atoms with E-state index in [0.717, 1.165) is 56.0 Å². The first kappa shape index (κ1) is 22.8. The minimum absolute atomic E-state index is 0.384. The smallest absolute Gasteiger partial charge is 0.225 e. The number of hydrogen-bond acceptors (Lipinski definition) is 5. The summed E-state index contributed by atoms with van der Waals surface area (Å²) < 4.78 is 0. The zero-order chi connectivity index (χ0) is 23.5. The number of nitrogens with one attached hydrogen (secondary N) is 3. The summed E-state index contributed by atoms with van der Waals surface area (Å²) in [6.45, 7) is 0. The summed E-state index contributed by atoms with van der Waals surface area (Å²) in [5.74, 6) is 1.86. The Bertz CT molecular complexity index is 1160. The van der Waals surface area contributed by atoms with Crippen LogP contribution in [0.4, 0.5) is 17.5 Å². The second-order valence-corrected chi connectivity index (χ2v) is 10.1. The Balaban J connectivity index is 1.16. The van der Waals surface area contributed by atoms with Gasteiger partial charge in [0.15, 0.2) is 5.11 Å². The molecule has 3 N–H and O–H groups in total. The van der Waals surface area contributed by atoms with Gasteiger partial charge in [0.25, 0.3) is 0 Å². The Morgan fingerprint density at radius 3 is 2.47 bits per heavy atom. The number of aryl methyl sites for hydroxylation is 1. The van der Waals surface area contributed by atoms with Gasteiger partial charge in [-0.1, -0.05) is 36.4 Å². The van der Waals surface area contributed by atoms with Crippen molar-refractivity contribution in [2.24, 2.45) is 0 Å². The Morgan fingerprint density at radius 2 is 1.65 bits per heavy atom. The van der Waals surface area contributed by atoms with Crippen molar-refractivity contribution >= 4 is 45.6 Å². The Hall–Kier alpha value is -2.93. The average molecular weight is 475 g/mol. The maximum atomic E-state index is 5.65. The fourth-order valence-corrected chi connectivity index (χ4v) is 5.53. The highest BCUT2D eigenvalue weighted by Gasteiger charge is 2.24. The van der Waals surface area contributed by atoms with Crippen molar-refractivity contribution in [3.63, 3.8) is 0 Å². The maximum Gasteiger partial charge on any atom is 0.225 e.